The van der Waals surface area contributed by atoms with E-state index in [1.54, 1.807) is 18.2 Å². The van der Waals surface area contributed by atoms with Crippen LogP contribution >= 0.6 is 0 Å². The molecule has 0 saturated carbocycles. The van der Waals surface area contributed by atoms with Crippen LogP contribution in [-0.4, -0.2) is 13.1 Å². The third-order valence-electron chi connectivity index (χ3n) is 3.35. The van der Waals surface area contributed by atoms with E-state index in [9.17, 15) is 4.79 Å². The fourth-order valence-corrected chi connectivity index (χ4v) is 2.08. The summed E-state index contributed by atoms with van der Waals surface area (Å²) in [5, 5.41) is 0. The Hall–Kier alpha value is -2.29. The van der Waals surface area contributed by atoms with Crippen LogP contribution in [0, 0.1) is 6.92 Å². The summed E-state index contributed by atoms with van der Waals surface area (Å²) in [6, 6.07) is 13.1. The van der Waals surface area contributed by atoms with Crippen LogP contribution in [0.1, 0.15) is 41.3 Å². The number of aryl methyl sites for hydroxylation is 1. The second-order valence-corrected chi connectivity index (χ2v) is 5.30. The first-order valence-electron chi connectivity index (χ1n) is 6.98. The van der Waals surface area contributed by atoms with Gasteiger partial charge in [-0.1, -0.05) is 32.0 Å². The van der Waals surface area contributed by atoms with Gasteiger partial charge >= 0.3 is 5.97 Å². The molecule has 0 N–H and O–H groups in total. The Morgan fingerprint density at radius 3 is 2.48 bits per heavy atom. The van der Waals surface area contributed by atoms with Crippen LogP contribution in [0.3, 0.4) is 0 Å². The van der Waals surface area contributed by atoms with E-state index in [0.29, 0.717) is 17.2 Å². The van der Waals surface area contributed by atoms with E-state index in [4.69, 9.17) is 9.47 Å². The predicted octanol–water partition coefficient (Wildman–Crippen LogP) is 4.70. The number of hydrogen-bond acceptors (Lipinski definition) is 3. The maximum Gasteiger partial charge on any atom is 0.337 e. The fourth-order valence-electron chi connectivity index (χ4n) is 2.08. The summed E-state index contributed by atoms with van der Waals surface area (Å²) < 4.78 is 10.6. The smallest absolute Gasteiger partial charge is 0.337 e. The van der Waals surface area contributed by atoms with E-state index >= 15 is 0 Å². The molecule has 0 aliphatic rings. The second-order valence-electron chi connectivity index (χ2n) is 5.30. The molecule has 0 bridgehead atoms. The number of benzene rings is 2. The van der Waals surface area contributed by atoms with E-state index < -0.39 is 0 Å². The lowest BCUT2D eigenvalue weighted by Crippen LogP contribution is -2.01. The summed E-state index contributed by atoms with van der Waals surface area (Å²) in [7, 11) is 1.37. The lowest BCUT2D eigenvalue weighted by molar-refractivity contribution is 0.0600. The zero-order chi connectivity index (χ0) is 15.4. The molecule has 3 heteroatoms. The molecule has 3 nitrogen and oxygen atoms in total. The number of hydrogen-bond donors (Lipinski definition) is 0. The van der Waals surface area contributed by atoms with Crippen molar-refractivity contribution in [2.24, 2.45) is 0 Å². The van der Waals surface area contributed by atoms with E-state index in [-0.39, 0.29) is 5.97 Å². The minimum Gasteiger partial charge on any atom is -0.465 e. The average Bonchev–Trinajstić information content (AvgIpc) is 2.48. The van der Waals surface area contributed by atoms with Crippen molar-refractivity contribution in [1.29, 1.82) is 0 Å². The van der Waals surface area contributed by atoms with Gasteiger partial charge in [0.05, 0.1) is 12.7 Å². The quantitative estimate of drug-likeness (QED) is 0.763. The van der Waals surface area contributed by atoms with Crippen molar-refractivity contribution in [3.8, 4) is 11.5 Å². The number of esters is 1. The van der Waals surface area contributed by atoms with Crippen LogP contribution < -0.4 is 4.74 Å². The van der Waals surface area contributed by atoms with Gasteiger partial charge in [0.15, 0.2) is 0 Å². The van der Waals surface area contributed by atoms with Gasteiger partial charge in [0.2, 0.25) is 0 Å². The summed E-state index contributed by atoms with van der Waals surface area (Å²) in [6.07, 6.45) is 0. The molecule has 0 spiro atoms. The number of methoxy groups -OCH3 is 1. The molecular formula is C18H20O3. The number of carbonyl (C=O) groups excluding carboxylic acids is 1. The predicted molar refractivity (Wildman–Crippen MR) is 83.1 cm³/mol. The lowest BCUT2D eigenvalue weighted by atomic mass is 10.0. The maximum absolute atomic E-state index is 11.5. The third-order valence-corrected chi connectivity index (χ3v) is 3.35. The van der Waals surface area contributed by atoms with Gasteiger partial charge in [-0.05, 0) is 48.2 Å². The first-order valence-corrected chi connectivity index (χ1v) is 6.98. The summed E-state index contributed by atoms with van der Waals surface area (Å²) >= 11 is 0. The minimum absolute atomic E-state index is 0.368. The molecule has 0 fully saturated rings. The summed E-state index contributed by atoms with van der Waals surface area (Å²) in [5.41, 5.74) is 2.83. The first kappa shape index (κ1) is 15.1. The average molecular weight is 284 g/mol. The van der Waals surface area contributed by atoms with Crippen molar-refractivity contribution < 1.29 is 14.3 Å². The molecule has 0 radical (unpaired) electrons. The molecule has 0 atom stereocenters. The van der Waals surface area contributed by atoms with Crippen molar-refractivity contribution in [3.63, 3.8) is 0 Å². The van der Waals surface area contributed by atoms with Gasteiger partial charge in [-0.25, -0.2) is 4.79 Å². The molecule has 0 aromatic heterocycles. The van der Waals surface area contributed by atoms with Crippen molar-refractivity contribution in [2.75, 3.05) is 7.11 Å². The van der Waals surface area contributed by atoms with Crippen LogP contribution in [0.15, 0.2) is 42.5 Å². The molecule has 21 heavy (non-hydrogen) atoms. The molecule has 0 heterocycles. The van der Waals surface area contributed by atoms with Crippen LogP contribution in [0.5, 0.6) is 11.5 Å². The molecule has 0 aliphatic heterocycles. The molecule has 0 amide bonds. The molecular weight excluding hydrogens is 264 g/mol. The van der Waals surface area contributed by atoms with E-state index in [1.807, 2.05) is 19.1 Å². The Bertz CT molecular complexity index is 645. The van der Waals surface area contributed by atoms with Gasteiger partial charge in [0.25, 0.3) is 0 Å². The summed E-state index contributed by atoms with van der Waals surface area (Å²) in [6.45, 7) is 6.34. The van der Waals surface area contributed by atoms with Crippen LogP contribution in [0.2, 0.25) is 0 Å². The van der Waals surface area contributed by atoms with Gasteiger partial charge in [0.1, 0.15) is 11.5 Å². The van der Waals surface area contributed by atoms with Crippen molar-refractivity contribution in [2.45, 2.75) is 26.7 Å². The van der Waals surface area contributed by atoms with Crippen LogP contribution in [0.25, 0.3) is 0 Å². The van der Waals surface area contributed by atoms with Gasteiger partial charge in [-0.15, -0.1) is 0 Å². The molecule has 0 aliphatic carbocycles. The van der Waals surface area contributed by atoms with E-state index in [0.717, 1.165) is 11.3 Å². The molecule has 0 saturated heterocycles. The van der Waals surface area contributed by atoms with E-state index in [1.165, 1.54) is 12.7 Å². The molecule has 0 unspecified atom stereocenters. The van der Waals surface area contributed by atoms with Gasteiger partial charge in [-0.2, -0.15) is 0 Å². The van der Waals surface area contributed by atoms with Gasteiger partial charge in [0, 0.05) is 0 Å². The second kappa shape index (κ2) is 6.44. The SMILES string of the molecule is COC(=O)c1cccc(Oc2ccc(C(C)C)cc2C)c1. The molecule has 2 aromatic carbocycles. The molecule has 2 aromatic rings. The Morgan fingerprint density at radius 1 is 1.10 bits per heavy atom. The van der Waals surface area contributed by atoms with Crippen molar-refractivity contribution >= 4 is 5.97 Å². The van der Waals surface area contributed by atoms with Crippen molar-refractivity contribution in [1.82, 2.24) is 0 Å². The van der Waals surface area contributed by atoms with Gasteiger partial charge in [-0.3, -0.25) is 0 Å². The first-order chi connectivity index (χ1) is 10.0. The van der Waals surface area contributed by atoms with Crippen molar-refractivity contribution in [3.05, 3.63) is 59.2 Å². The third kappa shape index (κ3) is 3.63. The fraction of sp³-hybridized carbons (Fsp3) is 0.278. The highest BCUT2D eigenvalue weighted by Gasteiger charge is 2.09. The normalized spacial score (nSPS) is 10.5. The maximum atomic E-state index is 11.5. The highest BCUT2D eigenvalue weighted by molar-refractivity contribution is 5.89. The number of rotatable bonds is 4. The highest BCUT2D eigenvalue weighted by Crippen LogP contribution is 2.28. The molecule has 2 rings (SSSR count). The number of carbonyl (C=O) groups is 1. The monoisotopic (exact) mass is 284 g/mol. The highest BCUT2D eigenvalue weighted by atomic mass is 16.5. The largest absolute Gasteiger partial charge is 0.465 e. The Kier molecular flexibility index (Phi) is 4.63. The standard InChI is InChI=1S/C18H20O3/c1-12(2)14-8-9-17(13(3)10-14)21-16-7-5-6-15(11-16)18(19)20-4/h5-12H,1-4H3. The van der Waals surface area contributed by atoms with Gasteiger partial charge < -0.3 is 9.47 Å². The Labute approximate surface area is 125 Å². The zero-order valence-electron chi connectivity index (χ0n) is 12.8. The number of ether oxygens (including phenoxy) is 2. The Balaban J connectivity index is 2.24. The lowest BCUT2D eigenvalue weighted by Gasteiger charge is -2.12. The molecule has 110 valence electrons. The summed E-state index contributed by atoms with van der Waals surface area (Å²) in [4.78, 5) is 11.5. The minimum atomic E-state index is -0.368. The van der Waals surface area contributed by atoms with Crippen LogP contribution in [0.4, 0.5) is 0 Å². The Morgan fingerprint density at radius 2 is 1.86 bits per heavy atom. The van der Waals surface area contributed by atoms with Crippen LogP contribution in [-0.2, 0) is 4.74 Å². The zero-order valence-corrected chi connectivity index (χ0v) is 12.8. The summed E-state index contributed by atoms with van der Waals surface area (Å²) in [5.74, 6) is 1.53. The van der Waals surface area contributed by atoms with E-state index in [2.05, 4.69) is 26.0 Å². The topological polar surface area (TPSA) is 35.5 Å².